The normalized spacial score (nSPS) is 20.4. The van der Waals surface area contributed by atoms with Crippen LogP contribution in [0.1, 0.15) is 46.8 Å². The fraction of sp³-hybridized carbons (Fsp3) is 0.350. The lowest BCUT2D eigenvalue weighted by atomic mass is 9.90. The lowest BCUT2D eigenvalue weighted by Gasteiger charge is -2.32. The summed E-state index contributed by atoms with van der Waals surface area (Å²) in [6.45, 7) is 0. The van der Waals surface area contributed by atoms with Crippen LogP contribution in [-0.4, -0.2) is 18.1 Å². The Morgan fingerprint density at radius 2 is 1.74 bits per heavy atom. The van der Waals surface area contributed by atoms with Crippen LogP contribution in [0, 0.1) is 5.82 Å². The molecule has 2 unspecified atom stereocenters. The monoisotopic (exact) mass is 448 g/mol. The number of rotatable bonds is 3. The van der Waals surface area contributed by atoms with Crippen LogP contribution in [0.2, 0.25) is 0 Å². The van der Waals surface area contributed by atoms with Crippen LogP contribution in [0.15, 0.2) is 34.7 Å². The van der Waals surface area contributed by atoms with Gasteiger partial charge in [-0.3, -0.25) is 10.1 Å². The SMILES string of the molecule is O=C(Nc1cccc(C(F)(F)F)c1F)c1c(C2CCCC(C(F)(F)F)N2)c2ccc1o2. The molecule has 3 aromatic rings. The number of amides is 1. The summed E-state index contributed by atoms with van der Waals surface area (Å²) in [5.74, 6) is -2.63. The van der Waals surface area contributed by atoms with Crippen molar-refractivity contribution in [3.05, 3.63) is 52.8 Å². The highest BCUT2D eigenvalue weighted by molar-refractivity contribution is 6.12. The number of hydrogen-bond acceptors (Lipinski definition) is 3. The standard InChI is InChI=1S/C20H15F7N2O2/c21-17-9(19(22,23)24)3-1-5-11(17)29-18(30)16-13-8-7-12(31-13)15(16)10-4-2-6-14(28-10)20(25,26)27/h1,3,5,7-8,10,14,28H,2,4,6H2,(H,29,30). The highest BCUT2D eigenvalue weighted by Gasteiger charge is 2.44. The largest absolute Gasteiger partial charge is 0.456 e. The molecule has 2 N–H and O–H groups in total. The maximum Gasteiger partial charge on any atom is 0.419 e. The predicted molar refractivity (Wildman–Crippen MR) is 96.3 cm³/mol. The fourth-order valence-electron chi connectivity index (χ4n) is 3.91. The molecule has 166 valence electrons. The van der Waals surface area contributed by atoms with Crippen LogP contribution in [0.25, 0.3) is 11.2 Å². The van der Waals surface area contributed by atoms with Gasteiger partial charge >= 0.3 is 12.4 Å². The zero-order chi connectivity index (χ0) is 22.6. The molecule has 31 heavy (non-hydrogen) atoms. The second-order valence-corrected chi connectivity index (χ2v) is 7.32. The number of halogens is 7. The van der Waals surface area contributed by atoms with Crippen LogP contribution in [-0.2, 0) is 6.18 Å². The first-order chi connectivity index (χ1) is 14.5. The highest BCUT2D eigenvalue weighted by atomic mass is 19.4. The summed E-state index contributed by atoms with van der Waals surface area (Å²) in [4.78, 5) is 12.8. The first kappa shape index (κ1) is 21.4. The van der Waals surface area contributed by atoms with Crippen molar-refractivity contribution < 1.29 is 39.9 Å². The summed E-state index contributed by atoms with van der Waals surface area (Å²) in [5, 5.41) is 4.57. The molecule has 2 atom stereocenters. The average molecular weight is 448 g/mol. The van der Waals surface area contributed by atoms with Gasteiger partial charge < -0.3 is 9.73 Å². The Hall–Kier alpha value is -2.82. The Kier molecular flexibility index (Phi) is 5.11. The first-order valence-corrected chi connectivity index (χ1v) is 9.31. The smallest absolute Gasteiger partial charge is 0.419 e. The molecule has 1 amide bonds. The summed E-state index contributed by atoms with van der Waals surface area (Å²) in [6, 6.07) is 2.72. The summed E-state index contributed by atoms with van der Waals surface area (Å²) in [6.07, 6.45) is -9.02. The molecule has 2 aromatic heterocycles. The van der Waals surface area contributed by atoms with Gasteiger partial charge in [0.2, 0.25) is 0 Å². The number of carbonyl (C=O) groups is 1. The van der Waals surface area contributed by atoms with Gasteiger partial charge in [0.15, 0.2) is 5.82 Å². The van der Waals surface area contributed by atoms with E-state index in [4.69, 9.17) is 4.42 Å². The molecular weight excluding hydrogens is 433 g/mol. The van der Waals surface area contributed by atoms with Crippen molar-refractivity contribution in [3.8, 4) is 0 Å². The van der Waals surface area contributed by atoms with Gasteiger partial charge in [0, 0.05) is 11.6 Å². The van der Waals surface area contributed by atoms with Gasteiger partial charge in [-0.25, -0.2) is 4.39 Å². The summed E-state index contributed by atoms with van der Waals surface area (Å²) >= 11 is 0. The van der Waals surface area contributed by atoms with E-state index in [1.54, 1.807) is 0 Å². The number of anilines is 1. The van der Waals surface area contributed by atoms with Crippen molar-refractivity contribution in [2.75, 3.05) is 5.32 Å². The van der Waals surface area contributed by atoms with Gasteiger partial charge in [-0.15, -0.1) is 0 Å². The number of carbonyl (C=O) groups excluding carboxylic acids is 1. The van der Waals surface area contributed by atoms with Gasteiger partial charge in [-0.2, -0.15) is 26.3 Å². The second-order valence-electron chi connectivity index (χ2n) is 7.32. The summed E-state index contributed by atoms with van der Waals surface area (Å²) in [5.41, 5.74) is -1.97. The molecule has 0 saturated carbocycles. The lowest BCUT2D eigenvalue weighted by molar-refractivity contribution is -0.163. The third-order valence-corrected chi connectivity index (χ3v) is 5.30. The van der Waals surface area contributed by atoms with Crippen molar-refractivity contribution in [1.29, 1.82) is 0 Å². The number of furan rings is 2. The van der Waals surface area contributed by atoms with Crippen molar-refractivity contribution >= 4 is 22.8 Å². The maximum absolute atomic E-state index is 14.3. The van der Waals surface area contributed by atoms with Crippen LogP contribution < -0.4 is 10.6 Å². The number of benzene rings is 2. The molecule has 4 rings (SSSR count). The van der Waals surface area contributed by atoms with E-state index in [9.17, 15) is 35.5 Å². The third-order valence-electron chi connectivity index (χ3n) is 5.30. The minimum Gasteiger partial charge on any atom is -0.456 e. The predicted octanol–water partition coefficient (Wildman–Crippen LogP) is 6.03. The van der Waals surface area contributed by atoms with Crippen molar-refractivity contribution in [2.45, 2.75) is 43.7 Å². The molecule has 2 bridgehead atoms. The summed E-state index contributed by atoms with van der Waals surface area (Å²) < 4.78 is 98.0. The topological polar surface area (TPSA) is 54.3 Å². The van der Waals surface area contributed by atoms with Gasteiger partial charge in [-0.1, -0.05) is 6.07 Å². The Balaban J connectivity index is 1.66. The van der Waals surface area contributed by atoms with Crippen molar-refractivity contribution in [3.63, 3.8) is 0 Å². The van der Waals surface area contributed by atoms with E-state index < -0.39 is 47.4 Å². The van der Waals surface area contributed by atoms with Crippen molar-refractivity contribution in [2.24, 2.45) is 0 Å². The Morgan fingerprint density at radius 1 is 1.03 bits per heavy atom. The van der Waals surface area contributed by atoms with E-state index in [-0.39, 0.29) is 35.1 Å². The maximum atomic E-state index is 14.3. The van der Waals surface area contributed by atoms with E-state index in [0.29, 0.717) is 12.5 Å². The van der Waals surface area contributed by atoms with E-state index in [1.165, 1.54) is 12.1 Å². The summed E-state index contributed by atoms with van der Waals surface area (Å²) in [7, 11) is 0. The molecule has 1 fully saturated rings. The zero-order valence-corrected chi connectivity index (χ0v) is 15.6. The Morgan fingerprint density at radius 3 is 2.42 bits per heavy atom. The van der Waals surface area contributed by atoms with E-state index in [2.05, 4.69) is 10.6 Å². The molecule has 0 aliphatic carbocycles. The molecule has 3 heterocycles. The van der Waals surface area contributed by atoms with Gasteiger partial charge in [0.1, 0.15) is 17.2 Å². The van der Waals surface area contributed by atoms with Crippen LogP contribution in [0.4, 0.5) is 36.4 Å². The van der Waals surface area contributed by atoms with E-state index in [1.807, 2.05) is 0 Å². The number of piperidine rings is 1. The third kappa shape index (κ3) is 3.93. The molecular formula is C20H15F7N2O2. The highest BCUT2D eigenvalue weighted by Crippen LogP contribution is 2.40. The lowest BCUT2D eigenvalue weighted by Crippen LogP contribution is -2.46. The molecule has 0 radical (unpaired) electrons. The quantitative estimate of drug-likeness (QED) is 0.482. The van der Waals surface area contributed by atoms with Crippen molar-refractivity contribution in [1.82, 2.24) is 5.32 Å². The van der Waals surface area contributed by atoms with Crippen LogP contribution in [0.5, 0.6) is 0 Å². The van der Waals surface area contributed by atoms with E-state index in [0.717, 1.165) is 12.1 Å². The minimum absolute atomic E-state index is 0.0471. The number of hydrogen-bond donors (Lipinski definition) is 2. The number of fused-ring (bicyclic) bond motifs is 2. The molecule has 4 nitrogen and oxygen atoms in total. The molecule has 1 aromatic carbocycles. The second kappa shape index (κ2) is 7.40. The van der Waals surface area contributed by atoms with Gasteiger partial charge in [-0.05, 0) is 43.5 Å². The fourth-order valence-corrected chi connectivity index (χ4v) is 3.91. The Bertz CT molecular complexity index is 1100. The van der Waals surface area contributed by atoms with Gasteiger partial charge in [0.25, 0.3) is 5.91 Å². The number of nitrogens with one attached hydrogen (secondary N) is 2. The molecule has 1 aliphatic rings. The Labute approximate surface area is 170 Å². The molecule has 0 spiro atoms. The van der Waals surface area contributed by atoms with Crippen LogP contribution in [0.3, 0.4) is 0 Å². The van der Waals surface area contributed by atoms with E-state index >= 15 is 0 Å². The van der Waals surface area contributed by atoms with Crippen LogP contribution >= 0.6 is 0 Å². The molecule has 1 saturated heterocycles. The van der Waals surface area contributed by atoms with Gasteiger partial charge in [0.05, 0.1) is 16.8 Å². The number of alkyl halides is 6. The first-order valence-electron chi connectivity index (χ1n) is 9.31. The minimum atomic E-state index is -4.96. The molecule has 1 aliphatic heterocycles. The zero-order valence-electron chi connectivity index (χ0n) is 15.6. The molecule has 11 heteroatoms. The average Bonchev–Trinajstić information content (AvgIpc) is 3.29.